The zero-order valence-corrected chi connectivity index (χ0v) is 16.8. The third kappa shape index (κ3) is 7.31. The van der Waals surface area contributed by atoms with Crippen LogP contribution in [-0.2, 0) is 20.9 Å². The molecular weight excluding hydrogens is 360 g/mol. The summed E-state index contributed by atoms with van der Waals surface area (Å²) in [6, 6.07) is 6.32. The highest BCUT2D eigenvalue weighted by molar-refractivity contribution is 5.97. The minimum atomic E-state index is -0.656. The van der Waals surface area contributed by atoms with E-state index < -0.39 is 24.5 Å². The minimum absolute atomic E-state index is 0.0716. The molecule has 0 aliphatic heterocycles. The number of imide groups is 1. The Morgan fingerprint density at radius 2 is 1.79 bits per heavy atom. The van der Waals surface area contributed by atoms with E-state index in [9.17, 15) is 14.4 Å². The van der Waals surface area contributed by atoms with Gasteiger partial charge in [0.1, 0.15) is 0 Å². The van der Waals surface area contributed by atoms with E-state index in [2.05, 4.69) is 17.6 Å². The Labute approximate surface area is 166 Å². The highest BCUT2D eigenvalue weighted by atomic mass is 16.5. The van der Waals surface area contributed by atoms with Gasteiger partial charge in [-0.05, 0) is 50.3 Å². The number of esters is 1. The molecule has 0 saturated heterocycles. The Balaban J connectivity index is 1.72. The van der Waals surface area contributed by atoms with Crippen molar-refractivity contribution in [3.8, 4) is 0 Å². The SMILES string of the molecule is CC(C)OCc1ccc(C(=O)OCC(=O)NC(=O)N[C@H]2CCCC[C@@H]2C)cc1. The standard InChI is InChI=1S/C21H30N2O5/c1-14(2)27-12-16-8-10-17(11-9-16)20(25)28-13-19(24)23-21(26)22-18-7-5-4-6-15(18)3/h8-11,14-15,18H,4-7,12-13H2,1-3H3,(H2,22,23,24,26)/t15-,18-/m0/s1. The van der Waals surface area contributed by atoms with Gasteiger partial charge in [-0.25, -0.2) is 9.59 Å². The van der Waals surface area contributed by atoms with Crippen LogP contribution in [0.25, 0.3) is 0 Å². The molecule has 154 valence electrons. The van der Waals surface area contributed by atoms with Crippen LogP contribution < -0.4 is 10.6 Å². The Morgan fingerprint density at radius 3 is 2.43 bits per heavy atom. The van der Waals surface area contributed by atoms with E-state index in [1.807, 2.05) is 13.8 Å². The molecule has 0 unspecified atom stereocenters. The third-order valence-electron chi connectivity index (χ3n) is 4.79. The lowest BCUT2D eigenvalue weighted by atomic mass is 9.86. The molecule has 2 rings (SSSR count). The van der Waals surface area contributed by atoms with Crippen molar-refractivity contribution in [3.63, 3.8) is 0 Å². The molecular formula is C21H30N2O5. The number of rotatable bonds is 7. The molecule has 1 aliphatic carbocycles. The largest absolute Gasteiger partial charge is 0.452 e. The van der Waals surface area contributed by atoms with Gasteiger partial charge in [0.05, 0.1) is 18.3 Å². The minimum Gasteiger partial charge on any atom is -0.452 e. The number of nitrogens with one attached hydrogen (secondary N) is 2. The number of benzene rings is 1. The highest BCUT2D eigenvalue weighted by Gasteiger charge is 2.23. The Bertz CT molecular complexity index is 672. The average Bonchev–Trinajstić information content (AvgIpc) is 2.66. The van der Waals surface area contributed by atoms with Crippen LogP contribution >= 0.6 is 0 Å². The molecule has 1 aromatic carbocycles. The number of hydrogen-bond donors (Lipinski definition) is 2. The van der Waals surface area contributed by atoms with E-state index in [-0.39, 0.29) is 12.1 Å². The summed E-state index contributed by atoms with van der Waals surface area (Å²) >= 11 is 0. The van der Waals surface area contributed by atoms with Gasteiger partial charge in [0.15, 0.2) is 6.61 Å². The number of hydrogen-bond acceptors (Lipinski definition) is 5. The molecule has 1 aliphatic rings. The van der Waals surface area contributed by atoms with Crippen molar-refractivity contribution in [2.24, 2.45) is 5.92 Å². The van der Waals surface area contributed by atoms with Crippen LogP contribution in [0.15, 0.2) is 24.3 Å². The molecule has 28 heavy (non-hydrogen) atoms. The van der Waals surface area contributed by atoms with E-state index in [1.165, 1.54) is 6.42 Å². The fourth-order valence-electron chi connectivity index (χ4n) is 3.11. The molecule has 0 bridgehead atoms. The van der Waals surface area contributed by atoms with Crippen molar-refractivity contribution >= 4 is 17.9 Å². The Kier molecular flexibility index (Phi) is 8.44. The highest BCUT2D eigenvalue weighted by Crippen LogP contribution is 2.23. The maximum atomic E-state index is 12.0. The maximum absolute atomic E-state index is 12.0. The van der Waals surface area contributed by atoms with Crippen molar-refractivity contribution in [3.05, 3.63) is 35.4 Å². The van der Waals surface area contributed by atoms with Gasteiger partial charge in [-0.15, -0.1) is 0 Å². The normalized spacial score (nSPS) is 19.1. The number of carbonyl (C=O) groups excluding carboxylic acids is 3. The molecule has 0 radical (unpaired) electrons. The van der Waals surface area contributed by atoms with Crippen LogP contribution in [0.5, 0.6) is 0 Å². The predicted molar refractivity (Wildman–Crippen MR) is 105 cm³/mol. The molecule has 1 saturated carbocycles. The smallest absolute Gasteiger partial charge is 0.338 e. The molecule has 2 atom stereocenters. The molecule has 1 aromatic rings. The third-order valence-corrected chi connectivity index (χ3v) is 4.79. The van der Waals surface area contributed by atoms with E-state index in [0.29, 0.717) is 18.1 Å². The summed E-state index contributed by atoms with van der Waals surface area (Å²) in [5.74, 6) is -0.884. The van der Waals surface area contributed by atoms with Crippen molar-refractivity contribution in [1.29, 1.82) is 0 Å². The zero-order chi connectivity index (χ0) is 20.5. The molecule has 0 heterocycles. The lowest BCUT2D eigenvalue weighted by Gasteiger charge is -2.29. The van der Waals surface area contributed by atoms with E-state index in [0.717, 1.165) is 24.8 Å². The van der Waals surface area contributed by atoms with Crippen molar-refractivity contribution in [1.82, 2.24) is 10.6 Å². The fraction of sp³-hybridized carbons (Fsp3) is 0.571. The quantitative estimate of drug-likeness (QED) is 0.698. The summed E-state index contributed by atoms with van der Waals surface area (Å²) in [5.41, 5.74) is 1.28. The van der Waals surface area contributed by atoms with Crippen molar-refractivity contribution in [2.75, 3.05) is 6.61 Å². The van der Waals surface area contributed by atoms with E-state index >= 15 is 0 Å². The molecule has 0 spiro atoms. The van der Waals surface area contributed by atoms with Crippen LogP contribution in [0.3, 0.4) is 0 Å². The molecule has 7 heteroatoms. The van der Waals surface area contributed by atoms with Gasteiger partial charge in [-0.3, -0.25) is 10.1 Å². The van der Waals surface area contributed by atoms with Gasteiger partial charge < -0.3 is 14.8 Å². The van der Waals surface area contributed by atoms with Crippen LogP contribution in [0.2, 0.25) is 0 Å². The monoisotopic (exact) mass is 390 g/mol. The van der Waals surface area contributed by atoms with Crippen LogP contribution in [0, 0.1) is 5.92 Å². The maximum Gasteiger partial charge on any atom is 0.338 e. The van der Waals surface area contributed by atoms with Crippen LogP contribution in [-0.4, -0.2) is 36.7 Å². The molecule has 2 N–H and O–H groups in total. The predicted octanol–water partition coefficient (Wildman–Crippen LogP) is 3.17. The zero-order valence-electron chi connectivity index (χ0n) is 16.8. The van der Waals surface area contributed by atoms with Gasteiger partial charge in [0, 0.05) is 6.04 Å². The number of ether oxygens (including phenoxy) is 2. The Hall–Kier alpha value is -2.41. The van der Waals surface area contributed by atoms with Crippen molar-refractivity contribution < 1.29 is 23.9 Å². The average molecular weight is 390 g/mol. The fourth-order valence-corrected chi connectivity index (χ4v) is 3.11. The lowest BCUT2D eigenvalue weighted by Crippen LogP contribution is -2.48. The second-order valence-electron chi connectivity index (χ2n) is 7.52. The van der Waals surface area contributed by atoms with Gasteiger partial charge >= 0.3 is 12.0 Å². The van der Waals surface area contributed by atoms with E-state index in [1.54, 1.807) is 24.3 Å². The summed E-state index contributed by atoms with van der Waals surface area (Å²) in [7, 11) is 0. The summed E-state index contributed by atoms with van der Waals surface area (Å²) in [6.45, 7) is 5.95. The van der Waals surface area contributed by atoms with Gasteiger partial charge in [0.2, 0.25) is 0 Å². The number of urea groups is 1. The molecule has 1 fully saturated rings. The number of carbonyl (C=O) groups is 3. The second-order valence-corrected chi connectivity index (χ2v) is 7.52. The van der Waals surface area contributed by atoms with Crippen LogP contribution in [0.4, 0.5) is 4.79 Å². The first kappa shape index (κ1) is 21.9. The lowest BCUT2D eigenvalue weighted by molar-refractivity contribution is -0.123. The van der Waals surface area contributed by atoms with Gasteiger partial charge in [-0.2, -0.15) is 0 Å². The summed E-state index contributed by atoms with van der Waals surface area (Å²) in [4.78, 5) is 35.8. The molecule has 0 aromatic heterocycles. The topological polar surface area (TPSA) is 93.7 Å². The first-order chi connectivity index (χ1) is 13.3. The summed E-state index contributed by atoms with van der Waals surface area (Å²) in [5, 5.41) is 5.03. The van der Waals surface area contributed by atoms with Crippen LogP contribution in [0.1, 0.15) is 62.4 Å². The first-order valence-electron chi connectivity index (χ1n) is 9.83. The Morgan fingerprint density at radius 1 is 1.11 bits per heavy atom. The first-order valence-corrected chi connectivity index (χ1v) is 9.83. The second kappa shape index (κ2) is 10.8. The summed E-state index contributed by atoms with van der Waals surface area (Å²) < 4.78 is 10.5. The van der Waals surface area contributed by atoms with Gasteiger partial charge in [-0.1, -0.05) is 31.9 Å². The molecule has 3 amide bonds. The molecule has 7 nitrogen and oxygen atoms in total. The summed E-state index contributed by atoms with van der Waals surface area (Å²) in [6.07, 6.45) is 4.35. The number of amides is 3. The van der Waals surface area contributed by atoms with Gasteiger partial charge in [0.25, 0.3) is 5.91 Å². The van der Waals surface area contributed by atoms with Crippen molar-refractivity contribution in [2.45, 2.75) is 65.2 Å². The van der Waals surface area contributed by atoms with E-state index in [4.69, 9.17) is 9.47 Å².